The van der Waals surface area contributed by atoms with E-state index < -0.39 is 5.60 Å². The molecule has 0 unspecified atom stereocenters. The Morgan fingerprint density at radius 3 is 2.42 bits per heavy atom. The maximum Gasteiger partial charge on any atom is 0.275 e. The Kier molecular flexibility index (Phi) is 7.06. The van der Waals surface area contributed by atoms with Gasteiger partial charge in [0.25, 0.3) is 5.91 Å². The zero-order valence-electron chi connectivity index (χ0n) is 12.3. The Morgan fingerprint density at radius 2 is 2.05 bits per heavy atom. The molecule has 1 amide bonds. The maximum absolute atomic E-state index is 11.6. The van der Waals surface area contributed by atoms with Crippen molar-refractivity contribution in [2.45, 2.75) is 40.2 Å². The molecule has 0 saturated carbocycles. The van der Waals surface area contributed by atoms with Gasteiger partial charge < -0.3 is 15.9 Å². The van der Waals surface area contributed by atoms with E-state index in [0.717, 1.165) is 0 Å². The summed E-state index contributed by atoms with van der Waals surface area (Å²) < 4.78 is 0. The number of hydrogen-bond acceptors (Lipinski definition) is 6. The van der Waals surface area contributed by atoms with Crippen molar-refractivity contribution in [2.24, 2.45) is 5.16 Å². The number of carbonyl (C=O) groups is 1. The van der Waals surface area contributed by atoms with Crippen molar-refractivity contribution in [2.75, 3.05) is 12.8 Å². The second kappa shape index (κ2) is 7.73. The lowest BCUT2D eigenvalue weighted by molar-refractivity contribution is -0.114. The van der Waals surface area contributed by atoms with E-state index in [1.54, 1.807) is 5.38 Å². The van der Waals surface area contributed by atoms with Gasteiger partial charge in [-0.25, -0.2) is 4.98 Å². The highest BCUT2D eigenvalue weighted by Gasteiger charge is 2.19. The fourth-order valence-corrected chi connectivity index (χ4v) is 1.45. The van der Waals surface area contributed by atoms with Crippen molar-refractivity contribution in [1.82, 2.24) is 10.3 Å². The third-order valence-electron chi connectivity index (χ3n) is 1.62. The molecule has 0 spiro atoms. The van der Waals surface area contributed by atoms with Gasteiger partial charge in [0.15, 0.2) is 10.8 Å². The number of nitrogens with two attached hydrogens (primary N) is 1. The van der Waals surface area contributed by atoms with Crippen LogP contribution in [0, 0.1) is 0 Å². The molecule has 0 bridgehead atoms. The molecule has 1 rings (SSSR count). The first-order valence-electron chi connectivity index (χ1n) is 6.03. The fraction of sp³-hybridized carbons (Fsp3) is 0.583. The van der Waals surface area contributed by atoms with Crippen LogP contribution >= 0.6 is 11.3 Å². The van der Waals surface area contributed by atoms with Crippen molar-refractivity contribution in [3.8, 4) is 0 Å². The Bertz CT molecular complexity index is 435. The van der Waals surface area contributed by atoms with Crippen molar-refractivity contribution >= 4 is 28.1 Å². The van der Waals surface area contributed by atoms with Gasteiger partial charge in [-0.1, -0.05) is 19.0 Å². The van der Waals surface area contributed by atoms with Crippen LogP contribution in [0.3, 0.4) is 0 Å². The van der Waals surface area contributed by atoms with Crippen LogP contribution in [0.1, 0.15) is 40.3 Å². The summed E-state index contributed by atoms with van der Waals surface area (Å²) in [5.74, 6) is -0.362. The van der Waals surface area contributed by atoms with Crippen LogP contribution in [0.15, 0.2) is 10.5 Å². The summed E-state index contributed by atoms with van der Waals surface area (Å²) in [4.78, 5) is 20.9. The SMILES string of the molecule is CC.CNC(=O)/C(=N/OC(C)(C)C)c1csc(N)n1. The number of hydrogen-bond donors (Lipinski definition) is 2. The Labute approximate surface area is 118 Å². The minimum atomic E-state index is -0.471. The molecule has 19 heavy (non-hydrogen) atoms. The summed E-state index contributed by atoms with van der Waals surface area (Å²) in [6.45, 7) is 9.52. The number of nitrogen functional groups attached to an aromatic ring is 1. The number of amides is 1. The quantitative estimate of drug-likeness (QED) is 0.657. The molecule has 1 aromatic rings. The number of nitrogens with one attached hydrogen (secondary N) is 1. The molecule has 6 nitrogen and oxygen atoms in total. The van der Waals surface area contributed by atoms with Gasteiger partial charge in [-0.15, -0.1) is 11.3 Å². The molecule has 0 radical (unpaired) electrons. The van der Waals surface area contributed by atoms with Crippen molar-refractivity contribution in [3.05, 3.63) is 11.1 Å². The molecule has 1 heterocycles. The van der Waals surface area contributed by atoms with E-state index in [1.807, 2.05) is 34.6 Å². The Hall–Kier alpha value is -1.63. The summed E-state index contributed by atoms with van der Waals surface area (Å²) in [5.41, 5.74) is 5.58. The smallest absolute Gasteiger partial charge is 0.275 e. The first-order valence-corrected chi connectivity index (χ1v) is 6.91. The van der Waals surface area contributed by atoms with E-state index in [0.29, 0.717) is 10.8 Å². The number of thiazole rings is 1. The number of anilines is 1. The zero-order valence-corrected chi connectivity index (χ0v) is 13.1. The average Bonchev–Trinajstić information content (AvgIpc) is 2.77. The predicted octanol–water partition coefficient (Wildman–Crippen LogP) is 2.02. The van der Waals surface area contributed by atoms with E-state index in [9.17, 15) is 4.79 Å². The summed E-state index contributed by atoms with van der Waals surface area (Å²) in [5, 5.41) is 8.37. The molecule has 0 saturated heterocycles. The molecule has 3 N–H and O–H groups in total. The van der Waals surface area contributed by atoms with Gasteiger partial charge in [-0.3, -0.25) is 4.79 Å². The summed E-state index contributed by atoms with van der Waals surface area (Å²) >= 11 is 1.24. The lowest BCUT2D eigenvalue weighted by atomic mass is 10.2. The van der Waals surface area contributed by atoms with Gasteiger partial charge in [0.1, 0.15) is 11.3 Å². The first kappa shape index (κ1) is 17.4. The van der Waals surface area contributed by atoms with Crippen molar-refractivity contribution < 1.29 is 9.63 Å². The van der Waals surface area contributed by atoms with Crippen molar-refractivity contribution in [1.29, 1.82) is 0 Å². The van der Waals surface area contributed by atoms with Gasteiger partial charge in [0.2, 0.25) is 0 Å². The second-order valence-electron chi connectivity index (χ2n) is 4.29. The lowest BCUT2D eigenvalue weighted by Crippen LogP contribution is -2.30. The molecule has 0 aliphatic carbocycles. The maximum atomic E-state index is 11.6. The van der Waals surface area contributed by atoms with Gasteiger partial charge >= 0.3 is 0 Å². The van der Waals surface area contributed by atoms with Gasteiger partial charge in [-0.05, 0) is 20.8 Å². The van der Waals surface area contributed by atoms with E-state index in [1.165, 1.54) is 18.4 Å². The average molecular weight is 286 g/mol. The van der Waals surface area contributed by atoms with E-state index in [-0.39, 0.29) is 11.6 Å². The number of aromatic nitrogens is 1. The second-order valence-corrected chi connectivity index (χ2v) is 5.18. The van der Waals surface area contributed by atoms with Crippen LogP contribution < -0.4 is 11.1 Å². The van der Waals surface area contributed by atoms with E-state index in [2.05, 4.69) is 15.5 Å². The number of carbonyl (C=O) groups excluding carboxylic acids is 1. The largest absolute Gasteiger partial charge is 0.389 e. The topological polar surface area (TPSA) is 89.6 Å². The summed E-state index contributed by atoms with van der Waals surface area (Å²) in [6.07, 6.45) is 0. The van der Waals surface area contributed by atoms with E-state index >= 15 is 0 Å². The van der Waals surface area contributed by atoms with Gasteiger partial charge in [0.05, 0.1) is 0 Å². The Morgan fingerprint density at radius 1 is 1.47 bits per heavy atom. The lowest BCUT2D eigenvalue weighted by Gasteiger charge is -2.16. The highest BCUT2D eigenvalue weighted by molar-refractivity contribution is 7.13. The highest BCUT2D eigenvalue weighted by Crippen LogP contribution is 2.14. The summed E-state index contributed by atoms with van der Waals surface area (Å²) in [7, 11) is 1.52. The Balaban J connectivity index is 0.00000154. The van der Waals surface area contributed by atoms with Gasteiger partial charge in [-0.2, -0.15) is 0 Å². The van der Waals surface area contributed by atoms with Crippen LogP contribution in [0.5, 0.6) is 0 Å². The predicted molar refractivity (Wildman–Crippen MR) is 79.3 cm³/mol. The van der Waals surface area contributed by atoms with Crippen LogP contribution in [0.2, 0.25) is 0 Å². The molecule has 0 fully saturated rings. The standard InChI is InChI=1S/C10H16N4O2S.C2H6/c1-10(2,3)16-14-7(8(15)12-4)6-5-17-9(11)13-6;1-2/h5H,1-4H3,(H2,11,13)(H,12,15);1-2H3/b14-7+;. The molecular formula is C12H22N4O2S. The molecule has 0 atom stereocenters. The number of oxime groups is 1. The highest BCUT2D eigenvalue weighted by atomic mass is 32.1. The van der Waals surface area contributed by atoms with Crippen LogP contribution in [0.25, 0.3) is 0 Å². The van der Waals surface area contributed by atoms with Crippen molar-refractivity contribution in [3.63, 3.8) is 0 Å². The van der Waals surface area contributed by atoms with E-state index in [4.69, 9.17) is 10.6 Å². The molecule has 7 heteroatoms. The number of nitrogens with zero attached hydrogens (tertiary/aromatic N) is 2. The number of likely N-dealkylation sites (N-methyl/N-ethyl adjacent to an activating group) is 1. The van der Waals surface area contributed by atoms with Crippen LogP contribution in [-0.2, 0) is 9.63 Å². The van der Waals surface area contributed by atoms with Gasteiger partial charge in [0, 0.05) is 12.4 Å². The minimum Gasteiger partial charge on any atom is -0.389 e. The minimum absolute atomic E-state index is 0.121. The summed E-state index contributed by atoms with van der Waals surface area (Å²) in [6, 6.07) is 0. The number of rotatable bonds is 3. The molecule has 0 aromatic carbocycles. The fourth-order valence-electron chi connectivity index (χ4n) is 0.902. The molecule has 0 aliphatic heterocycles. The molecule has 1 aromatic heterocycles. The molecular weight excluding hydrogens is 264 g/mol. The van der Waals surface area contributed by atoms with Crippen LogP contribution in [-0.4, -0.2) is 29.3 Å². The monoisotopic (exact) mass is 286 g/mol. The third-order valence-corrected chi connectivity index (χ3v) is 2.29. The first-order chi connectivity index (χ1) is 8.83. The zero-order chi connectivity index (χ0) is 15.1. The molecule has 108 valence electrons. The normalized spacial score (nSPS) is 11.4. The molecule has 0 aliphatic rings. The van der Waals surface area contributed by atoms with Crippen LogP contribution in [0.4, 0.5) is 5.13 Å². The third kappa shape index (κ3) is 6.19.